The summed E-state index contributed by atoms with van der Waals surface area (Å²) in [5.41, 5.74) is 3.57. The SMILES string of the molecule is COc1ccccc1-c1nn(-c2ccccc2)cc1C(=O)NCc1cccc(NS(C)(=O)=O)c1. The summed E-state index contributed by atoms with van der Waals surface area (Å²) in [7, 11) is -1.82. The molecule has 3 aromatic carbocycles. The molecule has 0 aliphatic heterocycles. The Morgan fingerprint density at radius 3 is 2.47 bits per heavy atom. The lowest BCUT2D eigenvalue weighted by molar-refractivity contribution is 0.0951. The highest BCUT2D eigenvalue weighted by Gasteiger charge is 2.21. The van der Waals surface area contributed by atoms with Crippen molar-refractivity contribution >= 4 is 21.6 Å². The second kappa shape index (κ2) is 9.80. The zero-order valence-electron chi connectivity index (χ0n) is 18.7. The number of ether oxygens (including phenoxy) is 1. The molecule has 0 atom stereocenters. The average Bonchev–Trinajstić information content (AvgIpc) is 3.28. The van der Waals surface area contributed by atoms with Crippen molar-refractivity contribution in [3.8, 4) is 22.7 Å². The van der Waals surface area contributed by atoms with Crippen molar-refractivity contribution < 1.29 is 17.9 Å². The predicted molar refractivity (Wildman–Crippen MR) is 132 cm³/mol. The maximum Gasteiger partial charge on any atom is 0.255 e. The summed E-state index contributed by atoms with van der Waals surface area (Å²) in [6.45, 7) is 0.208. The lowest BCUT2D eigenvalue weighted by Gasteiger charge is -2.10. The number of hydrogen-bond acceptors (Lipinski definition) is 5. The van der Waals surface area contributed by atoms with Crippen LogP contribution in [-0.4, -0.2) is 37.5 Å². The normalized spacial score (nSPS) is 11.1. The van der Waals surface area contributed by atoms with Gasteiger partial charge in [-0.15, -0.1) is 0 Å². The maximum absolute atomic E-state index is 13.3. The monoisotopic (exact) mass is 476 g/mol. The van der Waals surface area contributed by atoms with Crippen molar-refractivity contribution in [3.05, 3.63) is 96.2 Å². The molecule has 9 heteroatoms. The van der Waals surface area contributed by atoms with Crippen LogP contribution in [0.5, 0.6) is 5.75 Å². The van der Waals surface area contributed by atoms with Gasteiger partial charge in [-0.3, -0.25) is 9.52 Å². The van der Waals surface area contributed by atoms with Crippen molar-refractivity contribution in [2.24, 2.45) is 0 Å². The van der Waals surface area contributed by atoms with Crippen LogP contribution < -0.4 is 14.8 Å². The van der Waals surface area contributed by atoms with Crippen LogP contribution in [0.2, 0.25) is 0 Å². The Labute approximate surface area is 198 Å². The van der Waals surface area contributed by atoms with E-state index >= 15 is 0 Å². The molecule has 0 radical (unpaired) electrons. The Morgan fingerprint density at radius 1 is 1.00 bits per heavy atom. The summed E-state index contributed by atoms with van der Waals surface area (Å²) in [4.78, 5) is 13.3. The number of anilines is 1. The number of carbonyl (C=O) groups is 1. The van der Waals surface area contributed by atoms with Gasteiger partial charge in [-0.1, -0.05) is 42.5 Å². The van der Waals surface area contributed by atoms with Crippen LogP contribution in [0.25, 0.3) is 16.9 Å². The van der Waals surface area contributed by atoms with E-state index in [0.717, 1.165) is 17.5 Å². The Bertz CT molecular complexity index is 1420. The number of para-hydroxylation sites is 2. The highest BCUT2D eigenvalue weighted by atomic mass is 32.2. The quantitative estimate of drug-likeness (QED) is 0.402. The van der Waals surface area contributed by atoms with E-state index in [1.165, 1.54) is 0 Å². The van der Waals surface area contributed by atoms with Gasteiger partial charge in [0.05, 0.1) is 24.6 Å². The van der Waals surface area contributed by atoms with E-state index < -0.39 is 10.0 Å². The number of amides is 1. The third kappa shape index (κ3) is 5.44. The van der Waals surface area contributed by atoms with Crippen molar-refractivity contribution in [1.82, 2.24) is 15.1 Å². The fourth-order valence-electron chi connectivity index (χ4n) is 3.53. The van der Waals surface area contributed by atoms with Crippen molar-refractivity contribution in [3.63, 3.8) is 0 Å². The minimum absolute atomic E-state index is 0.208. The van der Waals surface area contributed by atoms with Crippen molar-refractivity contribution in [1.29, 1.82) is 0 Å². The van der Waals surface area contributed by atoms with Crippen LogP contribution in [-0.2, 0) is 16.6 Å². The molecule has 1 heterocycles. The number of carbonyl (C=O) groups excluding carboxylic acids is 1. The van der Waals surface area contributed by atoms with E-state index in [4.69, 9.17) is 4.74 Å². The van der Waals surface area contributed by atoms with Gasteiger partial charge in [0.1, 0.15) is 11.4 Å². The summed E-state index contributed by atoms with van der Waals surface area (Å²) in [5.74, 6) is 0.291. The number of nitrogens with one attached hydrogen (secondary N) is 2. The van der Waals surface area contributed by atoms with Gasteiger partial charge in [0.15, 0.2) is 0 Å². The highest BCUT2D eigenvalue weighted by Crippen LogP contribution is 2.31. The molecule has 0 saturated heterocycles. The van der Waals surface area contributed by atoms with Gasteiger partial charge in [0.25, 0.3) is 5.91 Å². The van der Waals surface area contributed by atoms with Crippen LogP contribution in [0.4, 0.5) is 5.69 Å². The lowest BCUT2D eigenvalue weighted by Crippen LogP contribution is -2.23. The first-order valence-electron chi connectivity index (χ1n) is 10.5. The number of aromatic nitrogens is 2. The molecule has 4 rings (SSSR count). The van der Waals surface area contributed by atoms with Gasteiger partial charge in [-0.25, -0.2) is 13.1 Å². The highest BCUT2D eigenvalue weighted by molar-refractivity contribution is 7.92. The molecule has 8 nitrogen and oxygen atoms in total. The molecular formula is C25H24N4O4S. The van der Waals surface area contributed by atoms with Gasteiger partial charge >= 0.3 is 0 Å². The van der Waals surface area contributed by atoms with E-state index in [2.05, 4.69) is 15.1 Å². The first-order chi connectivity index (χ1) is 16.3. The molecule has 2 N–H and O–H groups in total. The molecular weight excluding hydrogens is 452 g/mol. The van der Waals surface area contributed by atoms with E-state index in [1.54, 1.807) is 36.2 Å². The number of rotatable bonds is 8. The van der Waals surface area contributed by atoms with Crippen LogP contribution in [0.15, 0.2) is 85.1 Å². The predicted octanol–water partition coefficient (Wildman–Crippen LogP) is 3.85. The van der Waals surface area contributed by atoms with E-state index in [1.807, 2.05) is 60.7 Å². The molecule has 174 valence electrons. The molecule has 0 fully saturated rings. The standard InChI is InChI=1S/C25H24N4O4S/c1-33-23-14-7-6-13-21(23)24-22(17-29(27-24)20-11-4-3-5-12-20)25(30)26-16-18-9-8-10-19(15-18)28-34(2,31)32/h3-15,17,28H,16H2,1-2H3,(H,26,30). The minimum Gasteiger partial charge on any atom is -0.496 e. The fraction of sp³-hybridized carbons (Fsp3) is 0.120. The van der Waals surface area contributed by atoms with Crippen LogP contribution in [0.3, 0.4) is 0 Å². The summed E-state index contributed by atoms with van der Waals surface area (Å²) in [6, 6.07) is 23.8. The average molecular weight is 477 g/mol. The Balaban J connectivity index is 1.64. The molecule has 0 saturated carbocycles. The lowest BCUT2D eigenvalue weighted by atomic mass is 10.1. The summed E-state index contributed by atoms with van der Waals surface area (Å²) in [6.07, 6.45) is 2.78. The smallest absolute Gasteiger partial charge is 0.255 e. The van der Waals surface area contributed by atoms with Gasteiger partial charge < -0.3 is 10.1 Å². The van der Waals surface area contributed by atoms with Gasteiger partial charge in [-0.2, -0.15) is 5.10 Å². The zero-order valence-corrected chi connectivity index (χ0v) is 19.5. The first kappa shape index (κ1) is 23.1. The molecule has 0 bridgehead atoms. The molecule has 34 heavy (non-hydrogen) atoms. The number of methoxy groups -OCH3 is 1. The Hall–Kier alpha value is -4.11. The summed E-state index contributed by atoms with van der Waals surface area (Å²) >= 11 is 0. The molecule has 0 aliphatic carbocycles. The van der Waals surface area contributed by atoms with E-state index in [9.17, 15) is 13.2 Å². The number of nitrogens with zero attached hydrogens (tertiary/aromatic N) is 2. The maximum atomic E-state index is 13.3. The largest absolute Gasteiger partial charge is 0.496 e. The molecule has 0 unspecified atom stereocenters. The molecule has 1 aromatic heterocycles. The van der Waals surface area contributed by atoms with Crippen molar-refractivity contribution in [2.45, 2.75) is 6.54 Å². The topological polar surface area (TPSA) is 102 Å². The molecule has 0 aliphatic rings. The van der Waals surface area contributed by atoms with E-state index in [0.29, 0.717) is 28.3 Å². The Kier molecular flexibility index (Phi) is 6.65. The Morgan fingerprint density at radius 2 is 1.74 bits per heavy atom. The van der Waals surface area contributed by atoms with Gasteiger partial charge in [-0.05, 0) is 42.0 Å². The number of hydrogen-bond donors (Lipinski definition) is 2. The molecule has 4 aromatic rings. The zero-order chi connectivity index (χ0) is 24.1. The fourth-order valence-corrected chi connectivity index (χ4v) is 4.08. The number of sulfonamides is 1. The molecule has 0 spiro atoms. The minimum atomic E-state index is -3.39. The third-order valence-corrected chi connectivity index (χ3v) is 5.63. The number of benzene rings is 3. The van der Waals surface area contributed by atoms with E-state index in [-0.39, 0.29) is 12.5 Å². The third-order valence-electron chi connectivity index (χ3n) is 5.02. The summed E-state index contributed by atoms with van der Waals surface area (Å²) in [5, 5.41) is 7.60. The van der Waals surface area contributed by atoms with Crippen LogP contribution in [0, 0.1) is 0 Å². The van der Waals surface area contributed by atoms with Gasteiger partial charge in [0.2, 0.25) is 10.0 Å². The van der Waals surface area contributed by atoms with Crippen LogP contribution >= 0.6 is 0 Å². The van der Waals surface area contributed by atoms with Crippen molar-refractivity contribution in [2.75, 3.05) is 18.1 Å². The van der Waals surface area contributed by atoms with Gasteiger partial charge in [0, 0.05) is 24.0 Å². The first-order valence-corrected chi connectivity index (χ1v) is 12.4. The van der Waals surface area contributed by atoms with Crippen LogP contribution in [0.1, 0.15) is 15.9 Å². The second-order valence-corrected chi connectivity index (χ2v) is 9.38. The second-order valence-electron chi connectivity index (χ2n) is 7.63. The molecule has 1 amide bonds. The summed E-state index contributed by atoms with van der Waals surface area (Å²) < 4.78 is 32.6.